The molecule has 1 fully saturated rings. The number of piperazine rings is 1. The van der Waals surface area contributed by atoms with Gasteiger partial charge in [0.1, 0.15) is 17.4 Å². The van der Waals surface area contributed by atoms with Crippen molar-refractivity contribution in [3.8, 4) is 11.6 Å². The van der Waals surface area contributed by atoms with Gasteiger partial charge in [-0.15, -0.1) is 0 Å². The van der Waals surface area contributed by atoms with Crippen LogP contribution in [0.2, 0.25) is 0 Å². The van der Waals surface area contributed by atoms with Gasteiger partial charge in [0.25, 0.3) is 5.91 Å². The summed E-state index contributed by atoms with van der Waals surface area (Å²) in [6.07, 6.45) is 0. The number of carbonyl (C=O) groups is 1. The number of rotatable bonds is 4. The number of nitrogens with zero attached hydrogens (tertiary/aromatic N) is 4. The van der Waals surface area contributed by atoms with Crippen LogP contribution in [0.15, 0.2) is 54.6 Å². The molecule has 2 aromatic carbocycles. The van der Waals surface area contributed by atoms with E-state index in [1.807, 2.05) is 74.2 Å². The number of para-hydroxylation sites is 1. The molecule has 6 heteroatoms. The van der Waals surface area contributed by atoms with Gasteiger partial charge >= 0.3 is 0 Å². The lowest BCUT2D eigenvalue weighted by molar-refractivity contribution is 0.0745. The average Bonchev–Trinajstić information content (AvgIpc) is 2.74. The summed E-state index contributed by atoms with van der Waals surface area (Å²) < 4.78 is 5.89. The van der Waals surface area contributed by atoms with Crippen molar-refractivity contribution >= 4 is 11.7 Å². The molecule has 0 radical (unpaired) electrons. The number of hydrogen-bond acceptors (Lipinski definition) is 5. The summed E-state index contributed by atoms with van der Waals surface area (Å²) >= 11 is 0. The van der Waals surface area contributed by atoms with E-state index >= 15 is 0 Å². The first-order chi connectivity index (χ1) is 14.5. The predicted octanol–water partition coefficient (Wildman–Crippen LogP) is 4.16. The molecular weight excluding hydrogens is 376 g/mol. The molecule has 0 atom stereocenters. The van der Waals surface area contributed by atoms with Crippen LogP contribution in [-0.2, 0) is 0 Å². The smallest absolute Gasteiger partial charge is 0.254 e. The number of carbonyl (C=O) groups excluding carboxylic acids is 1. The number of ether oxygens (including phenoxy) is 1. The first-order valence-corrected chi connectivity index (χ1v) is 10.2. The van der Waals surface area contributed by atoms with E-state index in [9.17, 15) is 4.79 Å². The molecule has 0 unspecified atom stereocenters. The summed E-state index contributed by atoms with van der Waals surface area (Å²) in [6, 6.07) is 17.4. The summed E-state index contributed by atoms with van der Waals surface area (Å²) in [5, 5.41) is 0. The van der Waals surface area contributed by atoms with Crippen molar-refractivity contribution in [3.05, 3.63) is 77.1 Å². The monoisotopic (exact) mass is 402 g/mol. The van der Waals surface area contributed by atoms with Crippen LogP contribution in [0.5, 0.6) is 11.6 Å². The van der Waals surface area contributed by atoms with E-state index in [0.717, 1.165) is 35.8 Å². The Morgan fingerprint density at radius 3 is 2.33 bits per heavy atom. The first kappa shape index (κ1) is 19.9. The molecule has 6 nitrogen and oxygen atoms in total. The number of hydrogen-bond donors (Lipinski definition) is 0. The fourth-order valence-electron chi connectivity index (χ4n) is 3.71. The van der Waals surface area contributed by atoms with Crippen LogP contribution < -0.4 is 9.64 Å². The topological polar surface area (TPSA) is 58.6 Å². The normalized spacial score (nSPS) is 14.0. The van der Waals surface area contributed by atoms with Gasteiger partial charge < -0.3 is 14.5 Å². The Morgan fingerprint density at radius 2 is 1.63 bits per heavy atom. The average molecular weight is 402 g/mol. The second-order valence-corrected chi connectivity index (χ2v) is 7.62. The highest BCUT2D eigenvalue weighted by Crippen LogP contribution is 2.24. The molecule has 0 bridgehead atoms. The van der Waals surface area contributed by atoms with E-state index in [-0.39, 0.29) is 5.91 Å². The Bertz CT molecular complexity index is 1040. The van der Waals surface area contributed by atoms with Gasteiger partial charge in [0.15, 0.2) is 0 Å². The minimum absolute atomic E-state index is 0.0964. The Morgan fingerprint density at radius 1 is 0.900 bits per heavy atom. The van der Waals surface area contributed by atoms with E-state index < -0.39 is 0 Å². The molecule has 0 N–H and O–H groups in total. The molecule has 3 aromatic rings. The molecule has 0 saturated carbocycles. The highest BCUT2D eigenvalue weighted by molar-refractivity contribution is 5.95. The van der Waals surface area contributed by atoms with Crippen LogP contribution in [0.1, 0.15) is 27.3 Å². The second-order valence-electron chi connectivity index (χ2n) is 7.62. The van der Waals surface area contributed by atoms with Crippen LogP contribution in [-0.4, -0.2) is 47.0 Å². The fraction of sp³-hybridized carbons (Fsp3) is 0.292. The maximum Gasteiger partial charge on any atom is 0.254 e. The maximum atomic E-state index is 12.9. The van der Waals surface area contributed by atoms with Crippen molar-refractivity contribution in [2.75, 3.05) is 31.1 Å². The molecule has 0 aliphatic carbocycles. The fourth-order valence-corrected chi connectivity index (χ4v) is 3.71. The van der Waals surface area contributed by atoms with Gasteiger partial charge in [0.2, 0.25) is 5.88 Å². The van der Waals surface area contributed by atoms with Crippen molar-refractivity contribution in [2.45, 2.75) is 20.8 Å². The van der Waals surface area contributed by atoms with Crippen molar-refractivity contribution < 1.29 is 9.53 Å². The van der Waals surface area contributed by atoms with E-state index in [1.165, 1.54) is 5.56 Å². The zero-order valence-corrected chi connectivity index (χ0v) is 17.6. The minimum Gasteiger partial charge on any atom is -0.439 e. The molecular formula is C24H26N4O2. The Hall–Kier alpha value is -3.41. The van der Waals surface area contributed by atoms with E-state index in [4.69, 9.17) is 4.74 Å². The third kappa shape index (κ3) is 4.43. The summed E-state index contributed by atoms with van der Waals surface area (Å²) in [5.41, 5.74) is 2.98. The van der Waals surface area contributed by atoms with Gasteiger partial charge in [0, 0.05) is 37.8 Å². The highest BCUT2D eigenvalue weighted by Gasteiger charge is 2.24. The lowest BCUT2D eigenvalue weighted by Crippen LogP contribution is -2.49. The Labute approximate surface area is 177 Å². The summed E-state index contributed by atoms with van der Waals surface area (Å²) in [5.74, 6) is 2.85. The zero-order chi connectivity index (χ0) is 21.1. The second kappa shape index (κ2) is 8.53. The molecule has 2 heterocycles. The molecule has 1 aromatic heterocycles. The van der Waals surface area contributed by atoms with Gasteiger partial charge in [0.05, 0.1) is 0 Å². The third-order valence-corrected chi connectivity index (χ3v) is 5.27. The first-order valence-electron chi connectivity index (χ1n) is 10.2. The van der Waals surface area contributed by atoms with Crippen molar-refractivity contribution in [2.24, 2.45) is 0 Å². The molecule has 1 amide bonds. The van der Waals surface area contributed by atoms with Gasteiger partial charge in [-0.3, -0.25) is 4.79 Å². The highest BCUT2D eigenvalue weighted by atomic mass is 16.5. The van der Waals surface area contributed by atoms with E-state index in [0.29, 0.717) is 24.8 Å². The predicted molar refractivity (Wildman–Crippen MR) is 117 cm³/mol. The number of benzene rings is 2. The molecule has 1 aliphatic rings. The van der Waals surface area contributed by atoms with Crippen LogP contribution in [0.3, 0.4) is 0 Å². The SMILES string of the molecule is Cc1ccc(C(=O)N2CCN(c3cc(Oc4ccccc4)nc(C)n3)CC2)c(C)c1. The van der Waals surface area contributed by atoms with Crippen LogP contribution >= 0.6 is 0 Å². The maximum absolute atomic E-state index is 12.9. The number of aryl methyl sites for hydroxylation is 3. The van der Waals surface area contributed by atoms with Crippen molar-refractivity contribution in [3.63, 3.8) is 0 Å². The molecule has 30 heavy (non-hydrogen) atoms. The number of amides is 1. The minimum atomic E-state index is 0.0964. The summed E-state index contributed by atoms with van der Waals surface area (Å²) in [7, 11) is 0. The molecule has 4 rings (SSSR count). The van der Waals surface area contributed by atoms with Crippen molar-refractivity contribution in [1.29, 1.82) is 0 Å². The van der Waals surface area contributed by atoms with Crippen molar-refractivity contribution in [1.82, 2.24) is 14.9 Å². The van der Waals surface area contributed by atoms with Gasteiger partial charge in [-0.25, -0.2) is 4.98 Å². The largest absolute Gasteiger partial charge is 0.439 e. The van der Waals surface area contributed by atoms with E-state index in [2.05, 4.69) is 20.9 Å². The quantitative estimate of drug-likeness (QED) is 0.656. The van der Waals surface area contributed by atoms with Gasteiger partial charge in [-0.1, -0.05) is 35.9 Å². The lowest BCUT2D eigenvalue weighted by atomic mass is 10.0. The number of aromatic nitrogens is 2. The summed E-state index contributed by atoms with van der Waals surface area (Å²) in [4.78, 5) is 26.0. The van der Waals surface area contributed by atoms with Crippen LogP contribution in [0, 0.1) is 20.8 Å². The van der Waals surface area contributed by atoms with Crippen LogP contribution in [0.25, 0.3) is 0 Å². The zero-order valence-electron chi connectivity index (χ0n) is 17.6. The molecule has 154 valence electrons. The lowest BCUT2D eigenvalue weighted by Gasteiger charge is -2.35. The van der Waals surface area contributed by atoms with E-state index in [1.54, 1.807) is 0 Å². The molecule has 0 spiro atoms. The Kier molecular flexibility index (Phi) is 5.65. The Balaban J connectivity index is 1.44. The van der Waals surface area contributed by atoms with Crippen LogP contribution in [0.4, 0.5) is 5.82 Å². The standard InChI is InChI=1S/C24H26N4O2/c1-17-9-10-21(18(2)15-17)24(29)28-13-11-27(12-14-28)22-16-23(26-19(3)25-22)30-20-7-5-4-6-8-20/h4-10,15-16H,11-14H2,1-3H3. The van der Waals surface area contributed by atoms with Gasteiger partial charge in [-0.2, -0.15) is 4.98 Å². The summed E-state index contributed by atoms with van der Waals surface area (Å²) in [6.45, 7) is 8.65. The molecule has 1 saturated heterocycles. The number of anilines is 1. The third-order valence-electron chi connectivity index (χ3n) is 5.27. The van der Waals surface area contributed by atoms with Gasteiger partial charge in [-0.05, 0) is 44.5 Å². The molecule has 1 aliphatic heterocycles.